The van der Waals surface area contributed by atoms with Gasteiger partial charge in [-0.2, -0.15) is 0 Å². The molecule has 1 atom stereocenters. The van der Waals surface area contributed by atoms with Crippen LogP contribution in [-0.4, -0.2) is 18.3 Å². The highest BCUT2D eigenvalue weighted by Crippen LogP contribution is 2.48. The van der Waals surface area contributed by atoms with Crippen molar-refractivity contribution >= 4 is 11.6 Å². The van der Waals surface area contributed by atoms with E-state index in [0.717, 1.165) is 24.4 Å². The van der Waals surface area contributed by atoms with Crippen molar-refractivity contribution in [1.29, 1.82) is 0 Å². The lowest BCUT2D eigenvalue weighted by Crippen LogP contribution is -2.27. The molecule has 2 N–H and O–H groups in total. The van der Waals surface area contributed by atoms with Crippen molar-refractivity contribution in [3.05, 3.63) is 34.3 Å². The Kier molecular flexibility index (Phi) is 3.35. The van der Waals surface area contributed by atoms with Crippen molar-refractivity contribution in [3.8, 4) is 0 Å². The number of aliphatic hydroxyl groups excluding tert-OH is 1. The average Bonchev–Trinajstić information content (AvgIpc) is 3.00. The Morgan fingerprint density at radius 1 is 1.39 bits per heavy atom. The van der Waals surface area contributed by atoms with Crippen LogP contribution in [0, 0.1) is 5.41 Å². The zero-order chi connectivity index (χ0) is 12.6. The molecule has 0 radical (unpaired) electrons. The summed E-state index contributed by atoms with van der Waals surface area (Å²) in [6.07, 6.45) is 5.77. The third kappa shape index (κ3) is 2.42. The summed E-state index contributed by atoms with van der Waals surface area (Å²) in [5, 5.41) is 13.6. The number of aliphatic hydroxyl groups is 1. The lowest BCUT2D eigenvalue weighted by molar-refractivity contribution is 0.242. The zero-order valence-corrected chi connectivity index (χ0v) is 11.3. The molecular formula is C15H20ClNO. The number of fused-ring (bicyclic) bond motifs is 1. The van der Waals surface area contributed by atoms with Crippen LogP contribution in [0.25, 0.3) is 0 Å². The minimum Gasteiger partial charge on any atom is -0.396 e. The van der Waals surface area contributed by atoms with Gasteiger partial charge >= 0.3 is 0 Å². The molecule has 0 aliphatic heterocycles. The van der Waals surface area contributed by atoms with Crippen molar-refractivity contribution in [1.82, 2.24) is 5.32 Å². The Morgan fingerprint density at radius 2 is 2.22 bits per heavy atom. The molecule has 1 aromatic rings. The molecule has 3 rings (SSSR count). The van der Waals surface area contributed by atoms with Gasteiger partial charge in [0.1, 0.15) is 0 Å². The smallest absolute Gasteiger partial charge is 0.0436 e. The maximum Gasteiger partial charge on any atom is 0.0436 e. The van der Waals surface area contributed by atoms with Gasteiger partial charge in [0, 0.05) is 24.2 Å². The monoisotopic (exact) mass is 265 g/mol. The molecule has 0 heterocycles. The molecule has 2 aliphatic rings. The van der Waals surface area contributed by atoms with Gasteiger partial charge < -0.3 is 10.4 Å². The topological polar surface area (TPSA) is 32.3 Å². The van der Waals surface area contributed by atoms with Crippen molar-refractivity contribution in [3.63, 3.8) is 0 Å². The summed E-state index contributed by atoms with van der Waals surface area (Å²) >= 11 is 6.02. The van der Waals surface area contributed by atoms with E-state index in [1.54, 1.807) is 0 Å². The van der Waals surface area contributed by atoms with E-state index in [9.17, 15) is 0 Å². The fourth-order valence-electron chi connectivity index (χ4n) is 3.07. The molecule has 1 unspecified atom stereocenters. The predicted octanol–water partition coefficient (Wildman–Crippen LogP) is 3.08. The summed E-state index contributed by atoms with van der Waals surface area (Å²) in [7, 11) is 0. The summed E-state index contributed by atoms with van der Waals surface area (Å²) < 4.78 is 0. The minimum atomic E-state index is 0.318. The largest absolute Gasteiger partial charge is 0.396 e. The second-order valence-electron chi connectivity index (χ2n) is 5.79. The number of benzene rings is 1. The average molecular weight is 266 g/mol. The molecule has 2 aliphatic carbocycles. The quantitative estimate of drug-likeness (QED) is 0.858. The maximum atomic E-state index is 9.08. The minimum absolute atomic E-state index is 0.318. The molecule has 1 aromatic carbocycles. The van der Waals surface area contributed by atoms with E-state index in [0.29, 0.717) is 18.1 Å². The Hall–Kier alpha value is -0.570. The molecule has 1 fully saturated rings. The Bertz CT molecular complexity index is 442. The first-order valence-corrected chi connectivity index (χ1v) is 7.23. The van der Waals surface area contributed by atoms with Gasteiger partial charge in [-0.05, 0) is 60.8 Å². The summed E-state index contributed by atoms with van der Waals surface area (Å²) in [4.78, 5) is 0. The normalized spacial score (nSPS) is 24.0. The standard InChI is InChI=1S/C15H20ClNO/c16-12-2-3-13-11(9-12)1-4-14(13)17-10-15(5-6-15)7-8-18/h2-3,9,14,17-18H,1,4-8,10H2. The Labute approximate surface area is 113 Å². The van der Waals surface area contributed by atoms with Crippen LogP contribution >= 0.6 is 11.6 Å². The van der Waals surface area contributed by atoms with Gasteiger partial charge in [0.25, 0.3) is 0 Å². The molecule has 0 bridgehead atoms. The van der Waals surface area contributed by atoms with Gasteiger partial charge in [0.15, 0.2) is 0 Å². The predicted molar refractivity (Wildman–Crippen MR) is 73.9 cm³/mol. The van der Waals surface area contributed by atoms with Gasteiger partial charge in [-0.3, -0.25) is 0 Å². The molecule has 2 nitrogen and oxygen atoms in total. The van der Waals surface area contributed by atoms with Crippen LogP contribution in [0.1, 0.15) is 42.9 Å². The number of hydrogen-bond acceptors (Lipinski definition) is 2. The van der Waals surface area contributed by atoms with Crippen LogP contribution in [0.5, 0.6) is 0 Å². The van der Waals surface area contributed by atoms with E-state index >= 15 is 0 Å². The zero-order valence-electron chi connectivity index (χ0n) is 10.6. The molecular weight excluding hydrogens is 246 g/mol. The van der Waals surface area contributed by atoms with Crippen molar-refractivity contribution in [2.24, 2.45) is 5.41 Å². The lowest BCUT2D eigenvalue weighted by Gasteiger charge is -2.19. The highest BCUT2D eigenvalue weighted by molar-refractivity contribution is 6.30. The van der Waals surface area contributed by atoms with Gasteiger partial charge in [-0.25, -0.2) is 0 Å². The Balaban J connectivity index is 1.63. The van der Waals surface area contributed by atoms with E-state index < -0.39 is 0 Å². The fourth-order valence-corrected chi connectivity index (χ4v) is 3.26. The second-order valence-corrected chi connectivity index (χ2v) is 6.23. The highest BCUT2D eigenvalue weighted by Gasteiger charge is 2.42. The molecule has 0 spiro atoms. The molecule has 18 heavy (non-hydrogen) atoms. The number of hydrogen-bond donors (Lipinski definition) is 2. The van der Waals surface area contributed by atoms with Crippen LogP contribution in [-0.2, 0) is 6.42 Å². The number of nitrogens with one attached hydrogen (secondary N) is 1. The first kappa shape index (κ1) is 12.5. The molecule has 98 valence electrons. The number of halogens is 1. The summed E-state index contributed by atoms with van der Waals surface area (Å²) in [6.45, 7) is 1.36. The Morgan fingerprint density at radius 3 is 2.94 bits per heavy atom. The van der Waals surface area contributed by atoms with E-state index in [4.69, 9.17) is 16.7 Å². The summed E-state index contributed by atoms with van der Waals surface area (Å²) in [5.41, 5.74) is 3.20. The molecule has 3 heteroatoms. The summed E-state index contributed by atoms with van der Waals surface area (Å²) in [5.74, 6) is 0. The molecule has 0 amide bonds. The van der Waals surface area contributed by atoms with E-state index in [1.165, 1.54) is 30.4 Å². The van der Waals surface area contributed by atoms with E-state index in [1.807, 2.05) is 6.07 Å². The number of rotatable bonds is 5. The van der Waals surface area contributed by atoms with Crippen LogP contribution in [0.15, 0.2) is 18.2 Å². The number of aryl methyl sites for hydroxylation is 1. The first-order valence-electron chi connectivity index (χ1n) is 6.85. The first-order chi connectivity index (χ1) is 8.72. The molecule has 0 aromatic heterocycles. The fraction of sp³-hybridized carbons (Fsp3) is 0.600. The van der Waals surface area contributed by atoms with Crippen LogP contribution in [0.4, 0.5) is 0 Å². The third-order valence-electron chi connectivity index (χ3n) is 4.51. The summed E-state index contributed by atoms with van der Waals surface area (Å²) in [6, 6.07) is 6.72. The van der Waals surface area contributed by atoms with Crippen molar-refractivity contribution < 1.29 is 5.11 Å². The van der Waals surface area contributed by atoms with Crippen LogP contribution in [0.3, 0.4) is 0 Å². The maximum absolute atomic E-state index is 9.08. The molecule has 0 saturated heterocycles. The van der Waals surface area contributed by atoms with Gasteiger partial charge in [-0.15, -0.1) is 0 Å². The van der Waals surface area contributed by atoms with E-state index in [-0.39, 0.29) is 0 Å². The SMILES string of the molecule is OCCC1(CNC2CCc3cc(Cl)ccc32)CC1. The van der Waals surface area contributed by atoms with E-state index in [2.05, 4.69) is 17.4 Å². The second kappa shape index (κ2) is 4.84. The van der Waals surface area contributed by atoms with Gasteiger partial charge in [0.2, 0.25) is 0 Å². The van der Waals surface area contributed by atoms with Crippen LogP contribution in [0.2, 0.25) is 5.02 Å². The third-order valence-corrected chi connectivity index (χ3v) is 4.74. The van der Waals surface area contributed by atoms with Gasteiger partial charge in [-0.1, -0.05) is 17.7 Å². The van der Waals surface area contributed by atoms with Crippen LogP contribution < -0.4 is 5.32 Å². The lowest BCUT2D eigenvalue weighted by atomic mass is 10.0. The van der Waals surface area contributed by atoms with Crippen molar-refractivity contribution in [2.45, 2.75) is 38.1 Å². The van der Waals surface area contributed by atoms with Crippen molar-refractivity contribution in [2.75, 3.05) is 13.2 Å². The molecule has 1 saturated carbocycles. The van der Waals surface area contributed by atoms with Gasteiger partial charge in [0.05, 0.1) is 0 Å². The highest BCUT2D eigenvalue weighted by atomic mass is 35.5.